The molecule has 1 fully saturated rings. The summed E-state index contributed by atoms with van der Waals surface area (Å²) in [5.74, 6) is -2.46. The van der Waals surface area contributed by atoms with Crippen molar-refractivity contribution < 1.29 is 23.5 Å². The number of hydrogen-bond acceptors (Lipinski definition) is 4. The normalized spacial score (nSPS) is 17.2. The fraction of sp³-hybridized carbons (Fsp3) is 0.318. The predicted octanol–water partition coefficient (Wildman–Crippen LogP) is 3.37. The molecule has 1 N–H and O–H groups in total. The third kappa shape index (κ3) is 4.62. The largest absolute Gasteiger partial charge is 0.452 e. The van der Waals surface area contributed by atoms with Crippen molar-refractivity contribution in [1.82, 2.24) is 0 Å². The lowest BCUT2D eigenvalue weighted by molar-refractivity contribution is -0.157. The van der Waals surface area contributed by atoms with E-state index in [-0.39, 0.29) is 24.6 Å². The zero-order valence-corrected chi connectivity index (χ0v) is 16.6. The van der Waals surface area contributed by atoms with E-state index in [2.05, 4.69) is 5.32 Å². The lowest BCUT2D eigenvalue weighted by atomic mass is 10.1. The number of amides is 2. The molecule has 0 spiro atoms. The van der Waals surface area contributed by atoms with Crippen LogP contribution in [0.15, 0.2) is 42.5 Å². The second-order valence-electron chi connectivity index (χ2n) is 7.20. The van der Waals surface area contributed by atoms with Gasteiger partial charge in [-0.25, -0.2) is 4.39 Å². The highest BCUT2D eigenvalue weighted by molar-refractivity contribution is 6.01. The van der Waals surface area contributed by atoms with Crippen molar-refractivity contribution in [3.05, 3.63) is 59.4 Å². The van der Waals surface area contributed by atoms with Gasteiger partial charge in [0.15, 0.2) is 6.10 Å². The molecule has 0 aliphatic carbocycles. The summed E-state index contributed by atoms with van der Waals surface area (Å²) in [6, 6.07) is 11.1. The number of carbonyl (C=O) groups excluding carboxylic acids is 3. The molecule has 3 rings (SSSR count). The Labute approximate surface area is 168 Å². The number of halogens is 1. The first-order valence-electron chi connectivity index (χ1n) is 9.39. The fourth-order valence-electron chi connectivity index (χ4n) is 3.26. The van der Waals surface area contributed by atoms with Gasteiger partial charge in [0.05, 0.1) is 5.92 Å². The van der Waals surface area contributed by atoms with Gasteiger partial charge in [-0.05, 0) is 56.2 Å². The summed E-state index contributed by atoms with van der Waals surface area (Å²) in [4.78, 5) is 38.8. The van der Waals surface area contributed by atoms with Gasteiger partial charge in [0.2, 0.25) is 5.91 Å². The zero-order chi connectivity index (χ0) is 21.1. The van der Waals surface area contributed by atoms with Gasteiger partial charge in [-0.15, -0.1) is 0 Å². The number of benzene rings is 2. The number of rotatable bonds is 5. The lowest BCUT2D eigenvalue weighted by Crippen LogP contribution is -2.33. The van der Waals surface area contributed by atoms with E-state index in [9.17, 15) is 18.8 Å². The Bertz CT molecular complexity index is 960. The van der Waals surface area contributed by atoms with E-state index >= 15 is 0 Å². The minimum Gasteiger partial charge on any atom is -0.452 e. The minimum atomic E-state index is -1.07. The molecule has 1 heterocycles. The highest BCUT2D eigenvalue weighted by atomic mass is 19.1. The van der Waals surface area contributed by atoms with Crippen molar-refractivity contribution in [3.63, 3.8) is 0 Å². The van der Waals surface area contributed by atoms with E-state index in [0.29, 0.717) is 0 Å². The van der Waals surface area contributed by atoms with Crippen molar-refractivity contribution in [2.24, 2.45) is 5.92 Å². The maximum atomic E-state index is 13.2. The fourth-order valence-corrected chi connectivity index (χ4v) is 3.26. The van der Waals surface area contributed by atoms with Crippen LogP contribution in [0.4, 0.5) is 15.8 Å². The predicted molar refractivity (Wildman–Crippen MR) is 107 cm³/mol. The van der Waals surface area contributed by atoms with E-state index < -0.39 is 29.7 Å². The second-order valence-corrected chi connectivity index (χ2v) is 7.20. The van der Waals surface area contributed by atoms with Crippen LogP contribution in [0.5, 0.6) is 0 Å². The van der Waals surface area contributed by atoms with Crippen LogP contribution in [-0.2, 0) is 19.1 Å². The molecule has 2 atom stereocenters. The van der Waals surface area contributed by atoms with E-state index in [1.54, 1.807) is 4.90 Å². The van der Waals surface area contributed by atoms with Crippen molar-refractivity contribution in [2.75, 3.05) is 16.8 Å². The van der Waals surface area contributed by atoms with Crippen LogP contribution in [0.2, 0.25) is 0 Å². The summed E-state index contributed by atoms with van der Waals surface area (Å²) in [6.07, 6.45) is -1.04. The third-order valence-corrected chi connectivity index (χ3v) is 5.08. The Morgan fingerprint density at radius 2 is 1.93 bits per heavy atom. The summed E-state index contributed by atoms with van der Waals surface area (Å²) in [5, 5.41) is 2.50. The number of ether oxygens (including phenoxy) is 1. The number of aryl methyl sites for hydroxylation is 1. The number of nitrogens with one attached hydrogen (secondary N) is 1. The Balaban J connectivity index is 1.61. The Kier molecular flexibility index (Phi) is 5.96. The molecule has 6 nitrogen and oxygen atoms in total. The van der Waals surface area contributed by atoms with Crippen molar-refractivity contribution >= 4 is 29.2 Å². The zero-order valence-electron chi connectivity index (χ0n) is 16.6. The van der Waals surface area contributed by atoms with Gasteiger partial charge in [-0.2, -0.15) is 0 Å². The molecule has 1 aliphatic rings. The van der Waals surface area contributed by atoms with Crippen LogP contribution >= 0.6 is 0 Å². The van der Waals surface area contributed by atoms with Gasteiger partial charge in [0.1, 0.15) is 5.82 Å². The lowest BCUT2D eigenvalue weighted by Gasteiger charge is -2.20. The standard InChI is InChI=1S/C22H23FN2O4/c1-13-6-4-9-19(14(13)2)25-12-16(10-20(25)26)22(28)29-15(3)21(27)24-18-8-5-7-17(23)11-18/h4-9,11,15-16H,10,12H2,1-3H3,(H,24,27)/t15-,16+/m1/s1. The Morgan fingerprint density at radius 3 is 2.66 bits per heavy atom. The number of hydrogen-bond donors (Lipinski definition) is 1. The van der Waals surface area contributed by atoms with E-state index in [0.717, 1.165) is 16.8 Å². The summed E-state index contributed by atoms with van der Waals surface area (Å²) in [7, 11) is 0. The quantitative estimate of drug-likeness (QED) is 0.784. The average molecular weight is 398 g/mol. The van der Waals surface area contributed by atoms with Gasteiger partial charge >= 0.3 is 5.97 Å². The summed E-state index contributed by atoms with van der Waals surface area (Å²) < 4.78 is 18.5. The van der Waals surface area contributed by atoms with E-state index in [1.165, 1.54) is 31.2 Å². The molecule has 0 saturated carbocycles. The summed E-state index contributed by atoms with van der Waals surface area (Å²) in [6.45, 7) is 5.54. The van der Waals surface area contributed by atoms with Gasteiger partial charge in [0.25, 0.3) is 5.91 Å². The van der Waals surface area contributed by atoms with Crippen LogP contribution in [-0.4, -0.2) is 30.4 Å². The first-order chi connectivity index (χ1) is 13.8. The maximum Gasteiger partial charge on any atom is 0.312 e. The third-order valence-electron chi connectivity index (χ3n) is 5.08. The number of anilines is 2. The molecule has 0 radical (unpaired) electrons. The summed E-state index contributed by atoms with van der Waals surface area (Å²) in [5.41, 5.74) is 3.10. The Hall–Kier alpha value is -3.22. The van der Waals surface area contributed by atoms with Gasteiger partial charge < -0.3 is 15.0 Å². The molecule has 2 aromatic carbocycles. The first-order valence-corrected chi connectivity index (χ1v) is 9.39. The highest BCUT2D eigenvalue weighted by Crippen LogP contribution is 2.30. The van der Waals surface area contributed by atoms with Crippen molar-refractivity contribution in [3.8, 4) is 0 Å². The highest BCUT2D eigenvalue weighted by Gasteiger charge is 2.37. The van der Waals surface area contributed by atoms with Crippen molar-refractivity contribution in [1.29, 1.82) is 0 Å². The van der Waals surface area contributed by atoms with Gasteiger partial charge in [0, 0.05) is 24.3 Å². The number of esters is 1. The average Bonchev–Trinajstić information content (AvgIpc) is 3.05. The second kappa shape index (κ2) is 8.43. The van der Waals surface area contributed by atoms with E-state index in [4.69, 9.17) is 4.74 Å². The van der Waals surface area contributed by atoms with Crippen LogP contribution in [0.1, 0.15) is 24.5 Å². The smallest absolute Gasteiger partial charge is 0.312 e. The SMILES string of the molecule is Cc1cccc(N2C[C@@H](C(=O)O[C@H](C)C(=O)Nc3cccc(F)c3)CC2=O)c1C. The molecule has 152 valence electrons. The first kappa shape index (κ1) is 20.5. The van der Waals surface area contributed by atoms with Crippen LogP contribution < -0.4 is 10.2 Å². The maximum absolute atomic E-state index is 13.2. The molecule has 0 bridgehead atoms. The molecule has 7 heteroatoms. The van der Waals surface area contributed by atoms with Crippen molar-refractivity contribution in [2.45, 2.75) is 33.3 Å². The molecular weight excluding hydrogens is 375 g/mol. The van der Waals surface area contributed by atoms with Crippen LogP contribution in [0.3, 0.4) is 0 Å². The molecule has 1 saturated heterocycles. The molecule has 0 aromatic heterocycles. The van der Waals surface area contributed by atoms with Gasteiger partial charge in [-0.3, -0.25) is 14.4 Å². The van der Waals surface area contributed by atoms with Crippen LogP contribution in [0, 0.1) is 25.6 Å². The molecular formula is C22H23FN2O4. The minimum absolute atomic E-state index is 0.0322. The van der Waals surface area contributed by atoms with Crippen LogP contribution in [0.25, 0.3) is 0 Å². The molecule has 0 unspecified atom stereocenters. The van der Waals surface area contributed by atoms with Gasteiger partial charge in [-0.1, -0.05) is 18.2 Å². The monoisotopic (exact) mass is 398 g/mol. The molecule has 29 heavy (non-hydrogen) atoms. The number of carbonyl (C=O) groups is 3. The summed E-state index contributed by atoms with van der Waals surface area (Å²) >= 11 is 0. The topological polar surface area (TPSA) is 75.7 Å². The van der Waals surface area contributed by atoms with E-state index in [1.807, 2.05) is 32.0 Å². The molecule has 1 aliphatic heterocycles. The molecule has 2 aromatic rings. The Morgan fingerprint density at radius 1 is 1.21 bits per heavy atom. The number of nitrogens with zero attached hydrogens (tertiary/aromatic N) is 1. The molecule has 2 amide bonds.